The van der Waals surface area contributed by atoms with Gasteiger partial charge in [0.15, 0.2) is 0 Å². The van der Waals surface area contributed by atoms with Gasteiger partial charge < -0.3 is 6.53 Å². The van der Waals surface area contributed by atoms with Gasteiger partial charge in [-0.1, -0.05) is 30.3 Å². The van der Waals surface area contributed by atoms with E-state index >= 15 is 0 Å². The number of benzene rings is 1. The Labute approximate surface area is 119 Å². The standard InChI is InChI=1S/C10H14O4S.Na.H/c11-8-10(6-7-15(12,13)14)9-4-2-1-3-5-9;;/h1-5,10-11H,6-8H2,(H,12,13,14);;/q;+1;-1. The summed E-state index contributed by atoms with van der Waals surface area (Å²) < 4.78 is 29.7. The molecule has 0 bridgehead atoms. The Balaban J connectivity index is 0. The minimum atomic E-state index is -3.95. The molecule has 0 amide bonds. The van der Waals surface area contributed by atoms with Crippen molar-refractivity contribution < 1.29 is 49.1 Å². The molecule has 1 atom stereocenters. The van der Waals surface area contributed by atoms with E-state index in [0.717, 1.165) is 5.56 Å². The molecule has 1 unspecified atom stereocenters. The van der Waals surface area contributed by atoms with Crippen molar-refractivity contribution in [2.45, 2.75) is 12.3 Å². The Morgan fingerprint density at radius 3 is 2.25 bits per heavy atom. The fourth-order valence-electron chi connectivity index (χ4n) is 1.38. The van der Waals surface area contributed by atoms with Gasteiger partial charge in [0.2, 0.25) is 0 Å². The molecule has 1 rings (SSSR count). The zero-order chi connectivity index (χ0) is 11.3. The summed E-state index contributed by atoms with van der Waals surface area (Å²) in [6.45, 7) is -0.125. The van der Waals surface area contributed by atoms with E-state index in [9.17, 15) is 8.42 Å². The van der Waals surface area contributed by atoms with Crippen molar-refractivity contribution in [2.24, 2.45) is 0 Å². The summed E-state index contributed by atoms with van der Waals surface area (Å²) >= 11 is 0. The first-order valence-electron chi connectivity index (χ1n) is 4.64. The maximum absolute atomic E-state index is 10.6. The Hall–Kier alpha value is 0.0900. The van der Waals surface area contributed by atoms with E-state index in [0.29, 0.717) is 0 Å². The van der Waals surface area contributed by atoms with Crippen LogP contribution in [0.5, 0.6) is 0 Å². The van der Waals surface area contributed by atoms with E-state index in [1.165, 1.54) is 0 Å². The molecule has 0 spiro atoms. The molecule has 0 aromatic heterocycles. The van der Waals surface area contributed by atoms with Crippen molar-refractivity contribution >= 4 is 10.1 Å². The molecule has 16 heavy (non-hydrogen) atoms. The van der Waals surface area contributed by atoms with Crippen LogP contribution >= 0.6 is 0 Å². The average molecular weight is 254 g/mol. The molecule has 0 aliphatic carbocycles. The number of hydrogen-bond donors (Lipinski definition) is 2. The van der Waals surface area contributed by atoms with Crippen LogP contribution < -0.4 is 29.6 Å². The van der Waals surface area contributed by atoms with Crippen molar-refractivity contribution in [2.75, 3.05) is 12.4 Å². The van der Waals surface area contributed by atoms with Crippen molar-refractivity contribution in [3.05, 3.63) is 35.9 Å². The van der Waals surface area contributed by atoms with Crippen LogP contribution in [-0.2, 0) is 10.1 Å². The van der Waals surface area contributed by atoms with Crippen LogP contribution in [0.25, 0.3) is 0 Å². The molecule has 1 aromatic carbocycles. The van der Waals surface area contributed by atoms with Crippen LogP contribution in [0.3, 0.4) is 0 Å². The fraction of sp³-hybridized carbons (Fsp3) is 0.400. The van der Waals surface area contributed by atoms with Crippen LogP contribution in [0.4, 0.5) is 0 Å². The summed E-state index contributed by atoms with van der Waals surface area (Å²) in [5.74, 6) is -0.569. The van der Waals surface area contributed by atoms with Crippen LogP contribution in [0, 0.1) is 0 Å². The van der Waals surface area contributed by atoms with Gasteiger partial charge in [-0.05, 0) is 12.0 Å². The third-order valence-corrected chi connectivity index (χ3v) is 2.97. The molecule has 0 fully saturated rings. The topological polar surface area (TPSA) is 74.6 Å². The molecule has 0 aliphatic rings. The molecular weight excluding hydrogens is 239 g/mol. The molecule has 0 saturated carbocycles. The molecule has 6 heteroatoms. The first-order chi connectivity index (χ1) is 7.03. The van der Waals surface area contributed by atoms with Gasteiger partial charge in [-0.25, -0.2) is 0 Å². The smallest absolute Gasteiger partial charge is 1.00 e. The fourth-order valence-corrected chi connectivity index (χ4v) is 1.96. The van der Waals surface area contributed by atoms with Crippen molar-refractivity contribution in [1.29, 1.82) is 0 Å². The Kier molecular flexibility index (Phi) is 7.46. The largest absolute Gasteiger partial charge is 1.00 e. The Bertz CT molecular complexity index is 396. The van der Waals surface area contributed by atoms with Gasteiger partial charge in [-0.3, -0.25) is 4.55 Å². The number of rotatable bonds is 5. The maximum atomic E-state index is 10.6. The van der Waals surface area contributed by atoms with Gasteiger partial charge in [0.25, 0.3) is 10.1 Å². The molecule has 1 aromatic rings. The molecule has 0 heterocycles. The van der Waals surface area contributed by atoms with E-state index in [-0.39, 0.29) is 55.7 Å². The molecular formula is C10H15NaO4S. The van der Waals surface area contributed by atoms with E-state index in [1.54, 1.807) is 0 Å². The van der Waals surface area contributed by atoms with Gasteiger partial charge in [-0.15, -0.1) is 0 Å². The molecule has 0 radical (unpaired) electrons. The van der Waals surface area contributed by atoms with Gasteiger partial charge in [-0.2, -0.15) is 8.42 Å². The minimum absolute atomic E-state index is 0. The summed E-state index contributed by atoms with van der Waals surface area (Å²) in [6.07, 6.45) is 0.222. The number of aliphatic hydroxyl groups is 1. The normalized spacial score (nSPS) is 12.9. The quantitative estimate of drug-likeness (QED) is 0.478. The van der Waals surface area contributed by atoms with Gasteiger partial charge >= 0.3 is 29.6 Å². The summed E-state index contributed by atoms with van der Waals surface area (Å²) in [4.78, 5) is 0. The summed E-state index contributed by atoms with van der Waals surface area (Å²) in [5.41, 5.74) is 0.878. The molecule has 0 aliphatic heterocycles. The summed E-state index contributed by atoms with van der Waals surface area (Å²) in [7, 11) is -3.95. The molecule has 86 valence electrons. The first kappa shape index (κ1) is 16.1. The summed E-state index contributed by atoms with van der Waals surface area (Å²) in [6, 6.07) is 9.15. The van der Waals surface area contributed by atoms with Crippen molar-refractivity contribution in [3.8, 4) is 0 Å². The molecule has 0 saturated heterocycles. The van der Waals surface area contributed by atoms with Crippen molar-refractivity contribution in [3.63, 3.8) is 0 Å². The predicted octanol–water partition coefficient (Wildman–Crippen LogP) is -1.84. The number of hydrogen-bond acceptors (Lipinski definition) is 3. The van der Waals surface area contributed by atoms with Crippen LogP contribution in [-0.4, -0.2) is 30.4 Å². The zero-order valence-corrected chi connectivity index (χ0v) is 12.0. The average Bonchev–Trinajstić information content (AvgIpc) is 2.19. The zero-order valence-electron chi connectivity index (χ0n) is 10.2. The number of aliphatic hydroxyl groups excluding tert-OH is 1. The van der Waals surface area contributed by atoms with Crippen LogP contribution in [0.15, 0.2) is 30.3 Å². The predicted molar refractivity (Wildman–Crippen MR) is 58.4 cm³/mol. The van der Waals surface area contributed by atoms with E-state index in [4.69, 9.17) is 9.66 Å². The van der Waals surface area contributed by atoms with E-state index in [1.807, 2.05) is 30.3 Å². The van der Waals surface area contributed by atoms with E-state index in [2.05, 4.69) is 0 Å². The summed E-state index contributed by atoms with van der Waals surface area (Å²) in [5, 5.41) is 9.10. The minimum Gasteiger partial charge on any atom is -1.00 e. The second-order valence-electron chi connectivity index (χ2n) is 3.36. The SMILES string of the molecule is O=S(=O)(O)CCC(CO)c1ccccc1.[H-].[Na+]. The molecule has 2 N–H and O–H groups in total. The van der Waals surface area contributed by atoms with Gasteiger partial charge in [0, 0.05) is 12.5 Å². The third kappa shape index (κ3) is 5.98. The van der Waals surface area contributed by atoms with Gasteiger partial charge in [0.05, 0.1) is 5.75 Å². The first-order valence-corrected chi connectivity index (χ1v) is 6.25. The second-order valence-corrected chi connectivity index (χ2v) is 4.94. The van der Waals surface area contributed by atoms with Gasteiger partial charge in [0.1, 0.15) is 0 Å². The molecule has 4 nitrogen and oxygen atoms in total. The monoisotopic (exact) mass is 254 g/mol. The Morgan fingerprint density at radius 1 is 1.25 bits per heavy atom. The Morgan fingerprint density at radius 2 is 1.81 bits per heavy atom. The van der Waals surface area contributed by atoms with Crippen LogP contribution in [0.1, 0.15) is 19.3 Å². The second kappa shape index (κ2) is 7.42. The van der Waals surface area contributed by atoms with E-state index < -0.39 is 10.1 Å². The van der Waals surface area contributed by atoms with Crippen LogP contribution in [0.2, 0.25) is 0 Å². The maximum Gasteiger partial charge on any atom is 1.00 e. The third-order valence-electron chi connectivity index (χ3n) is 2.22. The van der Waals surface area contributed by atoms with Crippen molar-refractivity contribution in [1.82, 2.24) is 0 Å².